The van der Waals surface area contributed by atoms with Gasteiger partial charge in [-0.05, 0) is 12.1 Å². The van der Waals surface area contributed by atoms with Gasteiger partial charge < -0.3 is 6.53 Å². The van der Waals surface area contributed by atoms with E-state index in [4.69, 9.17) is 5.11 Å². The fourth-order valence-corrected chi connectivity index (χ4v) is 1.67. The van der Waals surface area contributed by atoms with Gasteiger partial charge in [-0.3, -0.25) is 4.18 Å². The molecule has 5 nitrogen and oxygen atoms in total. The van der Waals surface area contributed by atoms with Gasteiger partial charge in [-0.25, -0.2) is 4.79 Å². The molecule has 0 saturated carbocycles. The summed E-state index contributed by atoms with van der Waals surface area (Å²) < 4.78 is 26.8. The number of carbonyl (C=O) groups is 1. The Labute approximate surface area is 111 Å². The topological polar surface area (TPSA) is 80.7 Å². The molecule has 1 aromatic rings. The van der Waals surface area contributed by atoms with Crippen LogP contribution in [0.3, 0.4) is 0 Å². The minimum Gasteiger partial charge on any atom is -1.00 e. The first-order valence-corrected chi connectivity index (χ1v) is 5.09. The molecule has 0 bridgehead atoms. The first kappa shape index (κ1) is 14.6. The fraction of sp³-hybridized carbons (Fsp3) is 0.125. The van der Waals surface area contributed by atoms with Crippen LogP contribution in [0.2, 0.25) is 0 Å². The van der Waals surface area contributed by atoms with Crippen LogP contribution in [0, 0.1) is 0 Å². The van der Waals surface area contributed by atoms with E-state index >= 15 is 0 Å². The average molecular weight is 240 g/mol. The van der Waals surface area contributed by atoms with Gasteiger partial charge in [0.2, 0.25) is 0 Å². The Morgan fingerprint density at radius 3 is 2.33 bits per heavy atom. The Kier molecular flexibility index (Phi) is 6.07. The van der Waals surface area contributed by atoms with Crippen LogP contribution in [0.5, 0.6) is 0 Å². The molecule has 0 saturated heterocycles. The zero-order valence-corrected chi connectivity index (χ0v) is 10.9. The van der Waals surface area contributed by atoms with Crippen LogP contribution < -0.4 is 29.6 Å². The van der Waals surface area contributed by atoms with Crippen LogP contribution in [0.1, 0.15) is 1.43 Å². The molecule has 0 unspecified atom stereocenters. The van der Waals surface area contributed by atoms with Gasteiger partial charge in [-0.2, -0.15) is 8.42 Å². The van der Waals surface area contributed by atoms with E-state index in [-0.39, 0.29) is 35.9 Å². The fourth-order valence-electron chi connectivity index (χ4n) is 0.783. The molecular formula is C8H9NaO5S. The molecule has 1 N–H and O–H groups in total. The predicted octanol–water partition coefficient (Wildman–Crippen LogP) is -2.41. The molecule has 0 heterocycles. The maximum Gasteiger partial charge on any atom is 1.00 e. The SMILES string of the molecule is O=C(O)COS(=O)(=O)c1ccccc1.[H-].[Na+]. The zero-order valence-electron chi connectivity index (χ0n) is 9.08. The number of carboxylic acids is 1. The molecule has 15 heavy (non-hydrogen) atoms. The molecule has 7 heteroatoms. The van der Waals surface area contributed by atoms with Gasteiger partial charge in [0.1, 0.15) is 0 Å². The van der Waals surface area contributed by atoms with Crippen LogP contribution in [0.4, 0.5) is 0 Å². The summed E-state index contributed by atoms with van der Waals surface area (Å²) in [6.45, 7) is -0.864. The monoisotopic (exact) mass is 240 g/mol. The van der Waals surface area contributed by atoms with E-state index in [1.54, 1.807) is 6.07 Å². The Bertz CT molecular complexity index is 419. The van der Waals surface area contributed by atoms with E-state index in [1.807, 2.05) is 0 Å². The summed E-state index contributed by atoms with van der Waals surface area (Å²) in [4.78, 5) is 10.0. The summed E-state index contributed by atoms with van der Waals surface area (Å²) in [6.07, 6.45) is 0. The van der Waals surface area contributed by atoms with Crippen molar-refractivity contribution in [2.75, 3.05) is 6.61 Å². The van der Waals surface area contributed by atoms with Crippen molar-refractivity contribution < 1.29 is 53.5 Å². The zero-order chi connectivity index (χ0) is 10.6. The van der Waals surface area contributed by atoms with E-state index in [1.165, 1.54) is 24.3 Å². The Morgan fingerprint density at radius 1 is 1.33 bits per heavy atom. The molecule has 0 radical (unpaired) electrons. The van der Waals surface area contributed by atoms with E-state index in [9.17, 15) is 13.2 Å². The number of hydrogen-bond donors (Lipinski definition) is 1. The largest absolute Gasteiger partial charge is 1.00 e. The minimum absolute atomic E-state index is 0. The van der Waals surface area contributed by atoms with Gasteiger partial charge in [0.15, 0.2) is 6.61 Å². The summed E-state index contributed by atoms with van der Waals surface area (Å²) in [5, 5.41) is 8.23. The number of carboxylic acid groups (broad SMARTS) is 1. The second-order valence-corrected chi connectivity index (χ2v) is 4.04. The van der Waals surface area contributed by atoms with E-state index < -0.39 is 22.7 Å². The first-order chi connectivity index (χ1) is 6.52. The quantitative estimate of drug-likeness (QED) is 0.468. The van der Waals surface area contributed by atoms with Crippen molar-refractivity contribution in [2.24, 2.45) is 0 Å². The van der Waals surface area contributed by atoms with Crippen LogP contribution in [-0.4, -0.2) is 26.1 Å². The van der Waals surface area contributed by atoms with E-state index in [0.29, 0.717) is 0 Å². The summed E-state index contributed by atoms with van der Waals surface area (Å²) in [7, 11) is -3.94. The predicted molar refractivity (Wildman–Crippen MR) is 48.3 cm³/mol. The minimum atomic E-state index is -3.94. The second-order valence-electron chi connectivity index (χ2n) is 2.42. The van der Waals surface area contributed by atoms with Gasteiger partial charge in [0, 0.05) is 0 Å². The standard InChI is InChI=1S/C8H8O5S.Na.H/c9-8(10)6-13-14(11,12)7-4-2-1-3-5-7;;/h1-5H,6H2,(H,9,10);;/q;+1;-1. The Morgan fingerprint density at radius 2 is 1.87 bits per heavy atom. The summed E-state index contributed by atoms with van der Waals surface area (Å²) in [5.74, 6) is -1.33. The molecule has 0 aromatic heterocycles. The molecule has 0 fully saturated rings. The normalized spacial score (nSPS) is 10.4. The molecule has 0 aliphatic heterocycles. The molecule has 1 rings (SSSR count). The molecule has 0 aliphatic carbocycles. The van der Waals surface area contributed by atoms with Crippen LogP contribution in [0.25, 0.3) is 0 Å². The number of benzene rings is 1. The summed E-state index contributed by atoms with van der Waals surface area (Å²) in [5.41, 5.74) is 0. The molecule has 78 valence electrons. The van der Waals surface area contributed by atoms with E-state index in [0.717, 1.165) is 0 Å². The van der Waals surface area contributed by atoms with Crippen LogP contribution >= 0.6 is 0 Å². The summed E-state index contributed by atoms with van der Waals surface area (Å²) in [6, 6.07) is 7.36. The molecule has 0 amide bonds. The van der Waals surface area contributed by atoms with Gasteiger partial charge >= 0.3 is 35.5 Å². The third kappa shape index (κ3) is 4.76. The Hall–Kier alpha value is -0.400. The number of rotatable bonds is 4. The molecule has 1 aromatic carbocycles. The van der Waals surface area contributed by atoms with Gasteiger partial charge in [0.05, 0.1) is 4.90 Å². The molecular weight excluding hydrogens is 231 g/mol. The van der Waals surface area contributed by atoms with E-state index in [2.05, 4.69) is 4.18 Å². The maximum absolute atomic E-state index is 11.3. The number of aliphatic carboxylic acids is 1. The molecule has 0 spiro atoms. The summed E-state index contributed by atoms with van der Waals surface area (Å²) >= 11 is 0. The molecule has 0 atom stereocenters. The van der Waals surface area contributed by atoms with Crippen molar-refractivity contribution in [1.82, 2.24) is 0 Å². The van der Waals surface area contributed by atoms with Crippen LogP contribution in [-0.2, 0) is 19.1 Å². The van der Waals surface area contributed by atoms with Gasteiger partial charge in [-0.15, -0.1) is 0 Å². The second kappa shape index (κ2) is 6.24. The van der Waals surface area contributed by atoms with Crippen molar-refractivity contribution in [1.29, 1.82) is 0 Å². The van der Waals surface area contributed by atoms with Gasteiger partial charge in [-0.1, -0.05) is 18.2 Å². The average Bonchev–Trinajstić information content (AvgIpc) is 2.16. The smallest absolute Gasteiger partial charge is 1.00 e. The first-order valence-electron chi connectivity index (χ1n) is 3.68. The van der Waals surface area contributed by atoms with Gasteiger partial charge in [0.25, 0.3) is 10.1 Å². The third-order valence-electron chi connectivity index (χ3n) is 1.37. The van der Waals surface area contributed by atoms with Crippen molar-refractivity contribution in [3.63, 3.8) is 0 Å². The Balaban J connectivity index is 0. The van der Waals surface area contributed by atoms with Crippen molar-refractivity contribution in [3.8, 4) is 0 Å². The number of hydrogen-bond acceptors (Lipinski definition) is 4. The maximum atomic E-state index is 11.3. The van der Waals surface area contributed by atoms with Crippen molar-refractivity contribution in [3.05, 3.63) is 30.3 Å². The van der Waals surface area contributed by atoms with Crippen molar-refractivity contribution >= 4 is 16.1 Å². The van der Waals surface area contributed by atoms with Crippen molar-refractivity contribution in [2.45, 2.75) is 4.90 Å². The van der Waals surface area contributed by atoms with Crippen LogP contribution in [0.15, 0.2) is 35.2 Å². The third-order valence-corrected chi connectivity index (χ3v) is 2.65. The molecule has 0 aliphatic rings.